The van der Waals surface area contributed by atoms with Crippen molar-refractivity contribution in [3.8, 4) is 17.1 Å². The number of amides is 1. The summed E-state index contributed by atoms with van der Waals surface area (Å²) < 4.78 is 10.5. The second-order valence-electron chi connectivity index (χ2n) is 5.36. The Morgan fingerprint density at radius 2 is 1.80 bits per heavy atom. The molecule has 0 unspecified atom stereocenters. The van der Waals surface area contributed by atoms with Gasteiger partial charge in [-0.3, -0.25) is 9.59 Å². The Hall–Kier alpha value is -3.41. The minimum absolute atomic E-state index is 0.0316. The zero-order chi connectivity index (χ0) is 17.8. The number of ketones is 1. The number of hydrogen-bond acceptors (Lipinski definition) is 5. The van der Waals surface area contributed by atoms with Crippen LogP contribution in [0.2, 0.25) is 0 Å². The zero-order valence-corrected chi connectivity index (χ0v) is 13.8. The first-order valence-corrected chi connectivity index (χ1v) is 7.61. The van der Waals surface area contributed by atoms with Gasteiger partial charge < -0.3 is 14.6 Å². The van der Waals surface area contributed by atoms with Crippen molar-refractivity contribution < 1.29 is 18.8 Å². The van der Waals surface area contributed by atoms with Crippen molar-refractivity contribution in [2.75, 3.05) is 12.4 Å². The van der Waals surface area contributed by atoms with Gasteiger partial charge in [0.05, 0.1) is 12.7 Å². The molecule has 3 rings (SSSR count). The van der Waals surface area contributed by atoms with E-state index in [4.69, 9.17) is 9.26 Å². The lowest BCUT2D eigenvalue weighted by Gasteiger charge is -2.04. The Morgan fingerprint density at radius 3 is 2.48 bits per heavy atom. The van der Waals surface area contributed by atoms with Crippen LogP contribution in [-0.4, -0.2) is 24.0 Å². The SMILES string of the molecule is COc1ccccc1-c1cc(C(=O)Nc2ccc(C(C)=O)cc2)no1. The van der Waals surface area contributed by atoms with Gasteiger partial charge in [-0.05, 0) is 43.3 Å². The fourth-order valence-electron chi connectivity index (χ4n) is 2.34. The van der Waals surface area contributed by atoms with Crippen molar-refractivity contribution in [1.29, 1.82) is 0 Å². The summed E-state index contributed by atoms with van der Waals surface area (Å²) in [5.74, 6) is 0.635. The average molecular weight is 336 g/mol. The van der Waals surface area contributed by atoms with Crippen LogP contribution in [0, 0.1) is 0 Å². The van der Waals surface area contributed by atoms with Crippen molar-refractivity contribution in [1.82, 2.24) is 5.16 Å². The highest BCUT2D eigenvalue weighted by Crippen LogP contribution is 2.30. The van der Waals surface area contributed by atoms with Gasteiger partial charge >= 0.3 is 0 Å². The number of para-hydroxylation sites is 1. The largest absolute Gasteiger partial charge is 0.496 e. The summed E-state index contributed by atoms with van der Waals surface area (Å²) in [5, 5.41) is 6.53. The van der Waals surface area contributed by atoms with Crippen LogP contribution < -0.4 is 10.1 Å². The highest BCUT2D eigenvalue weighted by atomic mass is 16.5. The van der Waals surface area contributed by atoms with E-state index in [2.05, 4.69) is 10.5 Å². The van der Waals surface area contributed by atoms with Gasteiger partial charge in [-0.2, -0.15) is 0 Å². The van der Waals surface area contributed by atoms with Crippen LogP contribution in [0.1, 0.15) is 27.8 Å². The first kappa shape index (κ1) is 16.4. The maximum atomic E-state index is 12.3. The second-order valence-corrected chi connectivity index (χ2v) is 5.36. The van der Waals surface area contributed by atoms with Gasteiger partial charge in [-0.1, -0.05) is 17.3 Å². The summed E-state index contributed by atoms with van der Waals surface area (Å²) in [7, 11) is 1.56. The predicted molar refractivity (Wildman–Crippen MR) is 92.9 cm³/mol. The van der Waals surface area contributed by atoms with Crippen LogP contribution in [0.3, 0.4) is 0 Å². The van der Waals surface area contributed by atoms with Crippen molar-refractivity contribution >= 4 is 17.4 Å². The van der Waals surface area contributed by atoms with E-state index in [1.54, 1.807) is 43.5 Å². The monoisotopic (exact) mass is 336 g/mol. The first-order chi connectivity index (χ1) is 12.1. The van der Waals surface area contributed by atoms with E-state index in [9.17, 15) is 9.59 Å². The summed E-state index contributed by atoms with van der Waals surface area (Å²) >= 11 is 0. The molecule has 3 aromatic rings. The minimum Gasteiger partial charge on any atom is -0.496 e. The Kier molecular flexibility index (Phi) is 4.61. The summed E-state index contributed by atoms with van der Waals surface area (Å²) in [5.41, 5.74) is 2.01. The molecule has 2 aromatic carbocycles. The van der Waals surface area contributed by atoms with Crippen LogP contribution in [-0.2, 0) is 0 Å². The Bertz CT molecular complexity index is 913. The zero-order valence-electron chi connectivity index (χ0n) is 13.8. The molecule has 6 heteroatoms. The van der Waals surface area contributed by atoms with Crippen LogP contribution in [0.5, 0.6) is 5.75 Å². The van der Waals surface area contributed by atoms with Gasteiger partial charge in [0.1, 0.15) is 5.75 Å². The molecule has 1 aromatic heterocycles. The van der Waals surface area contributed by atoms with Crippen molar-refractivity contribution in [2.24, 2.45) is 0 Å². The fourth-order valence-corrected chi connectivity index (χ4v) is 2.34. The number of ether oxygens (including phenoxy) is 1. The fraction of sp³-hybridized carbons (Fsp3) is 0.105. The molecule has 1 N–H and O–H groups in total. The lowest BCUT2D eigenvalue weighted by molar-refractivity contribution is 0.101. The van der Waals surface area contributed by atoms with E-state index in [1.807, 2.05) is 18.2 Å². The summed E-state index contributed by atoms with van der Waals surface area (Å²) in [6, 6.07) is 15.5. The molecule has 0 saturated carbocycles. The summed E-state index contributed by atoms with van der Waals surface area (Å²) in [6.45, 7) is 1.49. The maximum Gasteiger partial charge on any atom is 0.277 e. The van der Waals surface area contributed by atoms with Crippen LogP contribution >= 0.6 is 0 Å². The molecule has 0 aliphatic rings. The lowest BCUT2D eigenvalue weighted by atomic mass is 10.1. The van der Waals surface area contributed by atoms with Crippen molar-refractivity contribution in [3.63, 3.8) is 0 Å². The number of anilines is 1. The number of methoxy groups -OCH3 is 1. The van der Waals surface area contributed by atoms with Crippen molar-refractivity contribution in [3.05, 3.63) is 65.9 Å². The van der Waals surface area contributed by atoms with Crippen LogP contribution in [0.4, 0.5) is 5.69 Å². The molecule has 0 bridgehead atoms. The number of carbonyl (C=O) groups is 2. The van der Waals surface area contributed by atoms with Gasteiger partial charge in [-0.25, -0.2) is 0 Å². The molecule has 0 atom stereocenters. The average Bonchev–Trinajstić information content (AvgIpc) is 3.12. The first-order valence-electron chi connectivity index (χ1n) is 7.61. The molecule has 0 spiro atoms. The molecule has 126 valence electrons. The third-order valence-corrected chi connectivity index (χ3v) is 3.66. The van der Waals surface area contributed by atoms with Crippen molar-refractivity contribution in [2.45, 2.75) is 6.92 Å². The smallest absolute Gasteiger partial charge is 0.277 e. The molecule has 0 aliphatic carbocycles. The minimum atomic E-state index is -0.402. The Balaban J connectivity index is 1.77. The molecule has 1 amide bonds. The number of Topliss-reactive ketones (excluding diaryl/α,β-unsaturated/α-hetero) is 1. The lowest BCUT2D eigenvalue weighted by Crippen LogP contribution is -2.12. The Labute approximate surface area is 144 Å². The third-order valence-electron chi connectivity index (χ3n) is 3.66. The van der Waals surface area contributed by atoms with Gasteiger partial charge in [0, 0.05) is 17.3 Å². The number of rotatable bonds is 5. The molecule has 0 fully saturated rings. The second kappa shape index (κ2) is 7.00. The number of hydrogen-bond donors (Lipinski definition) is 1. The molecule has 1 heterocycles. The molecule has 0 saturated heterocycles. The highest BCUT2D eigenvalue weighted by molar-refractivity contribution is 6.03. The number of benzene rings is 2. The maximum absolute atomic E-state index is 12.3. The number of nitrogens with one attached hydrogen (secondary N) is 1. The highest BCUT2D eigenvalue weighted by Gasteiger charge is 2.16. The topological polar surface area (TPSA) is 81.4 Å². The van der Waals surface area contributed by atoms with Gasteiger partial charge in [0.2, 0.25) is 0 Å². The molecule has 25 heavy (non-hydrogen) atoms. The van der Waals surface area contributed by atoms with E-state index in [-0.39, 0.29) is 11.5 Å². The van der Waals surface area contributed by atoms with E-state index in [0.717, 1.165) is 0 Å². The third kappa shape index (κ3) is 3.58. The quantitative estimate of drug-likeness (QED) is 0.717. The molecule has 6 nitrogen and oxygen atoms in total. The van der Waals surface area contributed by atoms with Gasteiger partial charge in [0.25, 0.3) is 5.91 Å². The molecule has 0 radical (unpaired) electrons. The summed E-state index contributed by atoms with van der Waals surface area (Å²) in [4.78, 5) is 23.6. The van der Waals surface area contributed by atoms with E-state index in [1.165, 1.54) is 6.92 Å². The Morgan fingerprint density at radius 1 is 1.08 bits per heavy atom. The number of aromatic nitrogens is 1. The predicted octanol–water partition coefficient (Wildman–Crippen LogP) is 3.81. The molecule has 0 aliphatic heterocycles. The number of nitrogens with zero attached hydrogens (tertiary/aromatic N) is 1. The van der Waals surface area contributed by atoms with Crippen LogP contribution in [0.15, 0.2) is 59.1 Å². The normalized spacial score (nSPS) is 10.3. The summed E-state index contributed by atoms with van der Waals surface area (Å²) in [6.07, 6.45) is 0. The molecular formula is C19H16N2O4. The van der Waals surface area contributed by atoms with E-state index >= 15 is 0 Å². The van der Waals surface area contributed by atoms with Crippen LogP contribution in [0.25, 0.3) is 11.3 Å². The molecular weight excluding hydrogens is 320 g/mol. The van der Waals surface area contributed by atoms with E-state index < -0.39 is 5.91 Å². The standard InChI is InChI=1S/C19H16N2O4/c1-12(22)13-7-9-14(10-8-13)20-19(23)16-11-18(25-21-16)15-5-3-4-6-17(15)24-2/h3-11H,1-2H3,(H,20,23). The van der Waals surface area contributed by atoms with E-state index in [0.29, 0.717) is 28.3 Å². The van der Waals surface area contributed by atoms with Gasteiger partial charge in [0.15, 0.2) is 17.2 Å². The number of carbonyl (C=O) groups excluding carboxylic acids is 2. The van der Waals surface area contributed by atoms with Gasteiger partial charge in [-0.15, -0.1) is 0 Å².